The first-order valence-electron chi connectivity index (χ1n) is 8.23. The molecule has 0 atom stereocenters. The SMILES string of the molecule is CN(CC(=O)Nc1ccc(Nc2ccc(-n3cccn3)nn2)cc1)S(C)(=O)=O. The van der Waals surface area contributed by atoms with Crippen LogP contribution in [-0.2, 0) is 14.8 Å². The standard InChI is InChI=1S/C17H19N7O3S/c1-23(28(2,26)27)12-17(25)20-14-6-4-13(5-7-14)19-15-8-9-16(22-21-15)24-11-3-10-18-24/h3-11H,12H2,1-2H3,(H,19,21)(H,20,25). The van der Waals surface area contributed by atoms with Crippen molar-refractivity contribution in [1.29, 1.82) is 0 Å². The number of sulfonamides is 1. The maximum Gasteiger partial charge on any atom is 0.239 e. The summed E-state index contributed by atoms with van der Waals surface area (Å²) in [4.78, 5) is 11.9. The van der Waals surface area contributed by atoms with Crippen LogP contribution < -0.4 is 10.6 Å². The van der Waals surface area contributed by atoms with Crippen LogP contribution in [0.3, 0.4) is 0 Å². The fourth-order valence-electron chi connectivity index (χ4n) is 2.22. The molecule has 1 amide bonds. The largest absolute Gasteiger partial charge is 0.339 e. The molecule has 0 aliphatic carbocycles. The molecule has 2 N–H and O–H groups in total. The summed E-state index contributed by atoms with van der Waals surface area (Å²) in [6, 6.07) is 12.3. The summed E-state index contributed by atoms with van der Waals surface area (Å²) in [5.74, 6) is 0.740. The molecule has 2 aromatic heterocycles. The highest BCUT2D eigenvalue weighted by molar-refractivity contribution is 7.88. The van der Waals surface area contributed by atoms with Crippen LogP contribution in [0.15, 0.2) is 54.9 Å². The summed E-state index contributed by atoms with van der Waals surface area (Å²) in [6.45, 7) is -0.253. The van der Waals surface area contributed by atoms with Crippen LogP contribution in [0.2, 0.25) is 0 Å². The molecule has 10 nitrogen and oxygen atoms in total. The van der Waals surface area contributed by atoms with Crippen LogP contribution in [0.25, 0.3) is 5.82 Å². The Morgan fingerprint density at radius 3 is 2.39 bits per heavy atom. The third-order valence-corrected chi connectivity index (χ3v) is 5.02. The van der Waals surface area contributed by atoms with E-state index in [4.69, 9.17) is 0 Å². The van der Waals surface area contributed by atoms with Crippen LogP contribution in [0.5, 0.6) is 0 Å². The van der Waals surface area contributed by atoms with Gasteiger partial charge in [0.15, 0.2) is 11.6 Å². The van der Waals surface area contributed by atoms with Crippen molar-refractivity contribution in [3.63, 3.8) is 0 Å². The summed E-state index contributed by atoms with van der Waals surface area (Å²) < 4.78 is 25.3. The lowest BCUT2D eigenvalue weighted by Crippen LogP contribution is -2.34. The van der Waals surface area contributed by atoms with Gasteiger partial charge in [0.1, 0.15) is 0 Å². The quantitative estimate of drug-likeness (QED) is 0.611. The Balaban J connectivity index is 1.58. The van der Waals surface area contributed by atoms with Crippen molar-refractivity contribution in [3.8, 4) is 5.82 Å². The monoisotopic (exact) mass is 401 g/mol. The number of hydrogen-bond acceptors (Lipinski definition) is 7. The molecule has 3 rings (SSSR count). The second-order valence-electron chi connectivity index (χ2n) is 6.00. The molecule has 28 heavy (non-hydrogen) atoms. The third-order valence-electron chi connectivity index (χ3n) is 3.76. The van der Waals surface area contributed by atoms with E-state index in [-0.39, 0.29) is 6.54 Å². The molecule has 0 unspecified atom stereocenters. The lowest BCUT2D eigenvalue weighted by atomic mass is 10.2. The van der Waals surface area contributed by atoms with Crippen LogP contribution in [0.4, 0.5) is 17.2 Å². The highest BCUT2D eigenvalue weighted by atomic mass is 32.2. The van der Waals surface area contributed by atoms with Crippen LogP contribution in [0, 0.1) is 0 Å². The van der Waals surface area contributed by atoms with E-state index in [1.54, 1.807) is 59.5 Å². The first kappa shape index (κ1) is 19.5. The van der Waals surface area contributed by atoms with Gasteiger partial charge in [-0.1, -0.05) is 0 Å². The average Bonchev–Trinajstić information content (AvgIpc) is 3.18. The predicted molar refractivity (Wildman–Crippen MR) is 105 cm³/mol. The molecule has 0 aliphatic heterocycles. The zero-order valence-corrected chi connectivity index (χ0v) is 16.1. The molecule has 0 aliphatic rings. The highest BCUT2D eigenvalue weighted by Gasteiger charge is 2.15. The van der Waals surface area contributed by atoms with E-state index >= 15 is 0 Å². The molecular weight excluding hydrogens is 382 g/mol. The lowest BCUT2D eigenvalue weighted by Gasteiger charge is -2.14. The number of aromatic nitrogens is 4. The minimum Gasteiger partial charge on any atom is -0.339 e. The normalized spacial score (nSPS) is 11.4. The first-order valence-corrected chi connectivity index (χ1v) is 10.1. The van der Waals surface area contributed by atoms with Crippen molar-refractivity contribution < 1.29 is 13.2 Å². The van der Waals surface area contributed by atoms with Gasteiger partial charge in [0.05, 0.1) is 12.8 Å². The second kappa shape index (κ2) is 8.15. The Bertz CT molecular complexity index is 1030. The number of nitrogens with zero attached hydrogens (tertiary/aromatic N) is 5. The summed E-state index contributed by atoms with van der Waals surface area (Å²) in [5.41, 5.74) is 1.31. The molecule has 2 heterocycles. The van der Waals surface area contributed by atoms with Crippen molar-refractivity contribution in [2.75, 3.05) is 30.5 Å². The van der Waals surface area contributed by atoms with Gasteiger partial charge >= 0.3 is 0 Å². The Labute approximate surface area is 162 Å². The summed E-state index contributed by atoms with van der Waals surface area (Å²) in [5, 5.41) is 18.0. The van der Waals surface area contributed by atoms with Crippen LogP contribution in [-0.4, -0.2) is 58.5 Å². The van der Waals surface area contributed by atoms with E-state index in [2.05, 4.69) is 25.9 Å². The van der Waals surface area contributed by atoms with Gasteiger partial charge in [0.2, 0.25) is 15.9 Å². The fraction of sp³-hybridized carbons (Fsp3) is 0.176. The van der Waals surface area contributed by atoms with Crippen molar-refractivity contribution in [2.45, 2.75) is 0 Å². The average molecular weight is 401 g/mol. The van der Waals surface area contributed by atoms with Gasteiger partial charge in [-0.2, -0.15) is 9.40 Å². The second-order valence-corrected chi connectivity index (χ2v) is 8.09. The van der Waals surface area contributed by atoms with Crippen molar-refractivity contribution in [3.05, 3.63) is 54.9 Å². The zero-order chi connectivity index (χ0) is 20.1. The maximum absolute atomic E-state index is 11.9. The van der Waals surface area contributed by atoms with Gasteiger partial charge in [-0.05, 0) is 42.5 Å². The van der Waals surface area contributed by atoms with Gasteiger partial charge in [-0.3, -0.25) is 4.79 Å². The molecule has 0 saturated heterocycles. The molecular formula is C17H19N7O3S. The number of amides is 1. The predicted octanol–water partition coefficient (Wildman–Crippen LogP) is 1.24. The number of nitrogens with one attached hydrogen (secondary N) is 2. The number of carbonyl (C=O) groups is 1. The third kappa shape index (κ3) is 5.11. The van der Waals surface area contributed by atoms with Crippen LogP contribution in [0.1, 0.15) is 0 Å². The Morgan fingerprint density at radius 1 is 1.11 bits per heavy atom. The molecule has 0 radical (unpaired) electrons. The maximum atomic E-state index is 11.9. The zero-order valence-electron chi connectivity index (χ0n) is 15.3. The molecule has 146 valence electrons. The van der Waals surface area contributed by atoms with Crippen molar-refractivity contribution >= 4 is 33.1 Å². The highest BCUT2D eigenvalue weighted by Crippen LogP contribution is 2.17. The summed E-state index contributed by atoms with van der Waals surface area (Å²) in [7, 11) is -2.06. The Kier molecular flexibility index (Phi) is 5.66. The molecule has 11 heteroatoms. The number of likely N-dealkylation sites (N-methyl/N-ethyl adjacent to an activating group) is 1. The first-order chi connectivity index (χ1) is 13.3. The molecule has 3 aromatic rings. The van der Waals surface area contributed by atoms with E-state index < -0.39 is 15.9 Å². The van der Waals surface area contributed by atoms with E-state index in [0.717, 1.165) is 16.2 Å². The number of rotatable bonds is 7. The molecule has 1 aromatic carbocycles. The molecule has 0 fully saturated rings. The smallest absolute Gasteiger partial charge is 0.239 e. The number of anilines is 3. The number of benzene rings is 1. The lowest BCUT2D eigenvalue weighted by molar-refractivity contribution is -0.116. The van der Waals surface area contributed by atoms with E-state index in [1.165, 1.54) is 7.05 Å². The molecule has 0 saturated carbocycles. The topological polar surface area (TPSA) is 122 Å². The minimum atomic E-state index is -3.40. The van der Waals surface area contributed by atoms with Crippen molar-refractivity contribution in [2.24, 2.45) is 0 Å². The number of carbonyl (C=O) groups excluding carboxylic acids is 1. The number of hydrogen-bond donors (Lipinski definition) is 2. The van der Waals surface area contributed by atoms with E-state index in [9.17, 15) is 13.2 Å². The molecule has 0 bridgehead atoms. The van der Waals surface area contributed by atoms with Gasteiger partial charge in [0, 0.05) is 30.8 Å². The van der Waals surface area contributed by atoms with Crippen LogP contribution >= 0.6 is 0 Å². The Hall–Kier alpha value is -3.31. The summed E-state index contributed by atoms with van der Waals surface area (Å²) >= 11 is 0. The van der Waals surface area contributed by atoms with E-state index in [1.807, 2.05) is 0 Å². The minimum absolute atomic E-state index is 0.253. The van der Waals surface area contributed by atoms with Gasteiger partial charge in [-0.25, -0.2) is 13.1 Å². The van der Waals surface area contributed by atoms with Crippen molar-refractivity contribution in [1.82, 2.24) is 24.3 Å². The summed E-state index contributed by atoms with van der Waals surface area (Å²) in [6.07, 6.45) is 4.48. The van der Waals surface area contributed by atoms with Gasteiger partial charge < -0.3 is 10.6 Å². The van der Waals surface area contributed by atoms with E-state index in [0.29, 0.717) is 17.3 Å². The molecule has 0 spiro atoms. The van der Waals surface area contributed by atoms with Gasteiger partial charge in [-0.15, -0.1) is 10.2 Å². The Morgan fingerprint density at radius 2 is 1.82 bits per heavy atom. The fourth-order valence-corrected chi connectivity index (χ4v) is 2.57. The van der Waals surface area contributed by atoms with Gasteiger partial charge in [0.25, 0.3) is 0 Å².